The minimum atomic E-state index is 0.604. The molecule has 15 heavy (non-hydrogen) atoms. The van der Waals surface area contributed by atoms with Gasteiger partial charge in [-0.1, -0.05) is 26.3 Å². The smallest absolute Gasteiger partial charge is 0.0884 e. The van der Waals surface area contributed by atoms with Crippen LogP contribution >= 0.6 is 0 Å². The van der Waals surface area contributed by atoms with Crippen molar-refractivity contribution < 1.29 is 4.74 Å². The first kappa shape index (κ1) is 12.2. The van der Waals surface area contributed by atoms with Gasteiger partial charge >= 0.3 is 0 Å². The van der Waals surface area contributed by atoms with Gasteiger partial charge in [0, 0.05) is 18.7 Å². The second kappa shape index (κ2) is 6.57. The van der Waals surface area contributed by atoms with Crippen molar-refractivity contribution in [3.8, 4) is 0 Å². The topological polar surface area (TPSA) is 22.1 Å². The predicted octanol–water partition coefficient (Wildman–Crippen LogP) is 3.52. The summed E-state index contributed by atoms with van der Waals surface area (Å²) >= 11 is 0. The first-order valence-electron chi connectivity index (χ1n) is 5.76. The number of hydrogen-bond acceptors (Lipinski definition) is 2. The van der Waals surface area contributed by atoms with Crippen LogP contribution in [-0.2, 0) is 11.3 Å². The number of nitrogens with zero attached hydrogens (tertiary/aromatic N) is 1. The molecule has 1 rings (SSSR count). The summed E-state index contributed by atoms with van der Waals surface area (Å²) in [5, 5.41) is 0. The van der Waals surface area contributed by atoms with Crippen LogP contribution in [0.3, 0.4) is 0 Å². The zero-order valence-electron chi connectivity index (χ0n) is 9.99. The van der Waals surface area contributed by atoms with Gasteiger partial charge in [-0.25, -0.2) is 0 Å². The maximum absolute atomic E-state index is 5.09. The number of ether oxygens (including phenoxy) is 1. The van der Waals surface area contributed by atoms with Gasteiger partial charge in [0.25, 0.3) is 0 Å². The summed E-state index contributed by atoms with van der Waals surface area (Å²) in [6.45, 7) is 5.06. The Kier molecular flexibility index (Phi) is 5.33. The molecule has 1 aromatic rings. The molecule has 0 N–H and O–H groups in total. The highest BCUT2D eigenvalue weighted by atomic mass is 16.5. The molecule has 0 aliphatic carbocycles. The average molecular weight is 207 g/mol. The van der Waals surface area contributed by atoms with E-state index in [0.717, 1.165) is 12.1 Å². The van der Waals surface area contributed by atoms with Crippen LogP contribution in [-0.4, -0.2) is 12.1 Å². The Morgan fingerprint density at radius 3 is 2.73 bits per heavy atom. The van der Waals surface area contributed by atoms with E-state index < -0.39 is 0 Å². The highest BCUT2D eigenvalue weighted by Crippen LogP contribution is 2.22. The van der Waals surface area contributed by atoms with E-state index in [1.165, 1.54) is 18.5 Å². The molecule has 0 bridgehead atoms. The molecule has 0 saturated heterocycles. The number of hydrogen-bond donors (Lipinski definition) is 0. The lowest BCUT2D eigenvalue weighted by Crippen LogP contribution is -2.02. The third-order valence-corrected chi connectivity index (χ3v) is 2.67. The number of aromatic nitrogens is 1. The van der Waals surface area contributed by atoms with E-state index in [9.17, 15) is 0 Å². The molecule has 1 atom stereocenters. The van der Waals surface area contributed by atoms with Gasteiger partial charge in [0.05, 0.1) is 12.3 Å². The highest BCUT2D eigenvalue weighted by Gasteiger charge is 2.09. The molecule has 0 amide bonds. The molecule has 1 heterocycles. The molecular weight excluding hydrogens is 186 g/mol. The van der Waals surface area contributed by atoms with Gasteiger partial charge in [0.1, 0.15) is 0 Å². The van der Waals surface area contributed by atoms with E-state index in [1.807, 2.05) is 6.07 Å². The van der Waals surface area contributed by atoms with Gasteiger partial charge in [-0.3, -0.25) is 4.98 Å². The Morgan fingerprint density at radius 2 is 2.13 bits per heavy atom. The third kappa shape index (κ3) is 3.63. The fourth-order valence-corrected chi connectivity index (χ4v) is 1.86. The second-order valence-electron chi connectivity index (χ2n) is 3.88. The van der Waals surface area contributed by atoms with Crippen molar-refractivity contribution >= 4 is 0 Å². The van der Waals surface area contributed by atoms with Crippen molar-refractivity contribution in [2.24, 2.45) is 0 Å². The first-order valence-corrected chi connectivity index (χ1v) is 5.76. The maximum atomic E-state index is 5.09. The molecule has 0 spiro atoms. The van der Waals surface area contributed by atoms with Gasteiger partial charge in [-0.15, -0.1) is 0 Å². The minimum Gasteiger partial charge on any atom is -0.378 e. The molecule has 1 aromatic heterocycles. The Balaban J connectivity index is 2.77. The standard InChI is InChI=1S/C13H21NO/c1-4-7-11(5-2)13-9-6-8-12(14-13)10-15-3/h6,8-9,11H,4-5,7,10H2,1-3H3. The summed E-state index contributed by atoms with van der Waals surface area (Å²) < 4.78 is 5.09. The summed E-state index contributed by atoms with van der Waals surface area (Å²) in [4.78, 5) is 4.63. The number of pyridine rings is 1. The molecule has 0 aliphatic heterocycles. The summed E-state index contributed by atoms with van der Waals surface area (Å²) in [6, 6.07) is 6.23. The van der Waals surface area contributed by atoms with Gasteiger partial charge in [0.15, 0.2) is 0 Å². The predicted molar refractivity (Wildman–Crippen MR) is 62.9 cm³/mol. The summed E-state index contributed by atoms with van der Waals surface area (Å²) in [6.07, 6.45) is 3.60. The Labute approximate surface area is 92.7 Å². The van der Waals surface area contributed by atoms with Crippen LogP contribution in [0.25, 0.3) is 0 Å². The van der Waals surface area contributed by atoms with E-state index in [-0.39, 0.29) is 0 Å². The van der Waals surface area contributed by atoms with Gasteiger partial charge in [-0.05, 0) is 25.0 Å². The highest BCUT2D eigenvalue weighted by molar-refractivity contribution is 5.14. The molecule has 0 radical (unpaired) electrons. The van der Waals surface area contributed by atoms with Gasteiger partial charge < -0.3 is 4.74 Å². The second-order valence-corrected chi connectivity index (χ2v) is 3.88. The maximum Gasteiger partial charge on any atom is 0.0884 e. The molecular formula is C13H21NO. The molecule has 0 saturated carbocycles. The van der Waals surface area contributed by atoms with Crippen LogP contribution in [0, 0.1) is 0 Å². The zero-order valence-corrected chi connectivity index (χ0v) is 9.99. The van der Waals surface area contributed by atoms with Crippen molar-refractivity contribution in [3.05, 3.63) is 29.6 Å². The molecule has 2 nitrogen and oxygen atoms in total. The first-order chi connectivity index (χ1) is 7.31. The zero-order chi connectivity index (χ0) is 11.1. The fraction of sp³-hybridized carbons (Fsp3) is 0.615. The largest absolute Gasteiger partial charge is 0.378 e. The molecule has 0 aromatic carbocycles. The fourth-order valence-electron chi connectivity index (χ4n) is 1.86. The van der Waals surface area contributed by atoms with E-state index in [2.05, 4.69) is 31.0 Å². The molecule has 1 unspecified atom stereocenters. The van der Waals surface area contributed by atoms with E-state index in [0.29, 0.717) is 12.5 Å². The van der Waals surface area contributed by atoms with Crippen molar-refractivity contribution in [1.82, 2.24) is 4.98 Å². The average Bonchev–Trinajstić information content (AvgIpc) is 2.27. The van der Waals surface area contributed by atoms with Gasteiger partial charge in [0.2, 0.25) is 0 Å². The summed E-state index contributed by atoms with van der Waals surface area (Å²) in [5.74, 6) is 0.604. The third-order valence-electron chi connectivity index (χ3n) is 2.67. The van der Waals surface area contributed by atoms with E-state index in [4.69, 9.17) is 4.74 Å². The molecule has 0 aliphatic rings. The van der Waals surface area contributed by atoms with Crippen LogP contribution in [0.4, 0.5) is 0 Å². The lowest BCUT2D eigenvalue weighted by Gasteiger charge is -2.13. The van der Waals surface area contributed by atoms with E-state index in [1.54, 1.807) is 7.11 Å². The van der Waals surface area contributed by atoms with Crippen LogP contribution in [0.1, 0.15) is 50.4 Å². The van der Waals surface area contributed by atoms with Crippen LogP contribution in [0.5, 0.6) is 0 Å². The van der Waals surface area contributed by atoms with Crippen molar-refractivity contribution in [1.29, 1.82) is 0 Å². The van der Waals surface area contributed by atoms with Crippen molar-refractivity contribution in [2.75, 3.05) is 7.11 Å². The Bertz CT molecular complexity index is 286. The lowest BCUT2D eigenvalue weighted by molar-refractivity contribution is 0.181. The quantitative estimate of drug-likeness (QED) is 0.712. The SMILES string of the molecule is CCCC(CC)c1cccc(COC)n1. The summed E-state index contributed by atoms with van der Waals surface area (Å²) in [5.41, 5.74) is 2.25. The van der Waals surface area contributed by atoms with Crippen molar-refractivity contribution in [3.63, 3.8) is 0 Å². The molecule has 84 valence electrons. The van der Waals surface area contributed by atoms with Gasteiger partial charge in [-0.2, -0.15) is 0 Å². The summed E-state index contributed by atoms with van der Waals surface area (Å²) in [7, 11) is 1.71. The Hall–Kier alpha value is -0.890. The van der Waals surface area contributed by atoms with Crippen LogP contribution in [0.2, 0.25) is 0 Å². The normalized spacial score (nSPS) is 12.7. The number of rotatable bonds is 6. The number of methoxy groups -OCH3 is 1. The van der Waals surface area contributed by atoms with Crippen LogP contribution in [0.15, 0.2) is 18.2 Å². The molecule has 0 fully saturated rings. The Morgan fingerprint density at radius 1 is 1.33 bits per heavy atom. The molecule has 2 heteroatoms. The van der Waals surface area contributed by atoms with E-state index >= 15 is 0 Å². The monoisotopic (exact) mass is 207 g/mol. The minimum absolute atomic E-state index is 0.604. The lowest BCUT2D eigenvalue weighted by atomic mass is 9.96. The van der Waals surface area contributed by atoms with Crippen LogP contribution < -0.4 is 0 Å². The van der Waals surface area contributed by atoms with Crippen molar-refractivity contribution in [2.45, 2.75) is 45.6 Å².